The molecule has 0 saturated heterocycles. The average molecular weight is 189 g/mol. The van der Waals surface area contributed by atoms with Crippen molar-refractivity contribution in [3.8, 4) is 0 Å². The molecule has 6 heteroatoms. The first-order valence-electron chi connectivity index (χ1n) is 3.50. The minimum atomic E-state index is -2.71. The standard InChI is InChI=1S/C7H9F2N3O/c8-6(9)3-1-4(10)5(2-13)12-7(3)11/h1,6,13H,2,10H2,(H2,11,12). The van der Waals surface area contributed by atoms with Gasteiger partial charge in [-0.2, -0.15) is 0 Å². The van der Waals surface area contributed by atoms with E-state index in [4.69, 9.17) is 16.6 Å². The topological polar surface area (TPSA) is 85.2 Å². The first-order valence-corrected chi connectivity index (χ1v) is 3.50. The van der Waals surface area contributed by atoms with Crippen LogP contribution >= 0.6 is 0 Å². The number of aliphatic hydroxyl groups is 1. The van der Waals surface area contributed by atoms with E-state index < -0.39 is 18.6 Å². The lowest BCUT2D eigenvalue weighted by atomic mass is 10.2. The molecule has 13 heavy (non-hydrogen) atoms. The fraction of sp³-hybridized carbons (Fsp3) is 0.286. The molecule has 0 amide bonds. The second-order valence-electron chi connectivity index (χ2n) is 2.46. The number of nitrogens with zero attached hydrogens (tertiary/aromatic N) is 1. The molecule has 0 aromatic carbocycles. The molecule has 0 fully saturated rings. The third-order valence-electron chi connectivity index (χ3n) is 1.58. The summed E-state index contributed by atoms with van der Waals surface area (Å²) in [5, 5.41) is 8.69. The number of aliphatic hydroxyl groups excluding tert-OH is 1. The van der Waals surface area contributed by atoms with E-state index in [2.05, 4.69) is 4.98 Å². The van der Waals surface area contributed by atoms with Gasteiger partial charge in [0.05, 0.1) is 23.6 Å². The normalized spacial score (nSPS) is 10.8. The smallest absolute Gasteiger partial charge is 0.267 e. The maximum atomic E-state index is 12.2. The van der Waals surface area contributed by atoms with Crippen LogP contribution in [-0.4, -0.2) is 10.1 Å². The zero-order chi connectivity index (χ0) is 10.0. The van der Waals surface area contributed by atoms with E-state index in [9.17, 15) is 8.78 Å². The fourth-order valence-corrected chi connectivity index (χ4v) is 0.901. The van der Waals surface area contributed by atoms with Crippen molar-refractivity contribution in [2.45, 2.75) is 13.0 Å². The molecule has 72 valence electrons. The number of nitrogen functional groups attached to an aromatic ring is 2. The molecule has 1 aromatic rings. The van der Waals surface area contributed by atoms with Crippen LogP contribution < -0.4 is 11.5 Å². The van der Waals surface area contributed by atoms with Gasteiger partial charge < -0.3 is 16.6 Å². The summed E-state index contributed by atoms with van der Waals surface area (Å²) < 4.78 is 24.4. The zero-order valence-electron chi connectivity index (χ0n) is 6.67. The van der Waals surface area contributed by atoms with Gasteiger partial charge in [0.1, 0.15) is 5.82 Å². The molecule has 1 heterocycles. The monoisotopic (exact) mass is 189 g/mol. The molecule has 1 aromatic heterocycles. The highest BCUT2D eigenvalue weighted by Crippen LogP contribution is 2.26. The summed E-state index contributed by atoms with van der Waals surface area (Å²) in [5.41, 5.74) is 10.3. The lowest BCUT2D eigenvalue weighted by Crippen LogP contribution is -2.05. The van der Waals surface area contributed by atoms with Crippen molar-refractivity contribution in [3.63, 3.8) is 0 Å². The van der Waals surface area contributed by atoms with Gasteiger partial charge in [-0.3, -0.25) is 0 Å². The van der Waals surface area contributed by atoms with Gasteiger partial charge in [-0.1, -0.05) is 0 Å². The second-order valence-corrected chi connectivity index (χ2v) is 2.46. The van der Waals surface area contributed by atoms with Crippen molar-refractivity contribution in [2.24, 2.45) is 0 Å². The van der Waals surface area contributed by atoms with Crippen LogP contribution in [0.25, 0.3) is 0 Å². The largest absolute Gasteiger partial charge is 0.397 e. The Kier molecular flexibility index (Phi) is 2.62. The third-order valence-corrected chi connectivity index (χ3v) is 1.58. The lowest BCUT2D eigenvalue weighted by Gasteiger charge is -2.07. The Bertz CT molecular complexity index is 317. The van der Waals surface area contributed by atoms with Gasteiger partial charge in [-0.15, -0.1) is 0 Å². The Balaban J connectivity index is 3.20. The molecule has 0 aliphatic heterocycles. The van der Waals surface area contributed by atoms with Gasteiger partial charge in [0, 0.05) is 0 Å². The van der Waals surface area contributed by atoms with Crippen molar-refractivity contribution < 1.29 is 13.9 Å². The average Bonchev–Trinajstić information content (AvgIpc) is 2.07. The van der Waals surface area contributed by atoms with Gasteiger partial charge in [-0.05, 0) is 6.07 Å². The van der Waals surface area contributed by atoms with E-state index >= 15 is 0 Å². The van der Waals surface area contributed by atoms with Crippen molar-refractivity contribution in [1.82, 2.24) is 4.98 Å². The summed E-state index contributed by atoms with van der Waals surface area (Å²) in [6.45, 7) is -0.417. The summed E-state index contributed by atoms with van der Waals surface area (Å²) in [4.78, 5) is 3.54. The molecule has 0 radical (unpaired) electrons. The molecular weight excluding hydrogens is 180 g/mol. The maximum absolute atomic E-state index is 12.2. The zero-order valence-corrected chi connectivity index (χ0v) is 6.67. The summed E-state index contributed by atoms with van der Waals surface area (Å²) in [7, 11) is 0. The molecule has 0 saturated carbocycles. The van der Waals surface area contributed by atoms with Gasteiger partial charge in [0.15, 0.2) is 0 Å². The van der Waals surface area contributed by atoms with Crippen molar-refractivity contribution in [2.75, 3.05) is 11.5 Å². The number of anilines is 2. The van der Waals surface area contributed by atoms with E-state index in [0.717, 1.165) is 6.07 Å². The third kappa shape index (κ3) is 1.83. The fourth-order valence-electron chi connectivity index (χ4n) is 0.901. The van der Waals surface area contributed by atoms with E-state index in [0.29, 0.717) is 0 Å². The highest BCUT2D eigenvalue weighted by atomic mass is 19.3. The minimum Gasteiger partial charge on any atom is -0.397 e. The van der Waals surface area contributed by atoms with E-state index in [1.54, 1.807) is 0 Å². The number of aromatic nitrogens is 1. The first kappa shape index (κ1) is 9.66. The van der Waals surface area contributed by atoms with Crippen LogP contribution in [-0.2, 0) is 6.61 Å². The second kappa shape index (κ2) is 3.53. The molecule has 0 unspecified atom stereocenters. The van der Waals surface area contributed by atoms with Crippen LogP contribution in [0.5, 0.6) is 0 Å². The summed E-state index contributed by atoms with van der Waals surface area (Å²) >= 11 is 0. The highest BCUT2D eigenvalue weighted by Gasteiger charge is 2.14. The lowest BCUT2D eigenvalue weighted by molar-refractivity contribution is 0.152. The van der Waals surface area contributed by atoms with E-state index in [1.165, 1.54) is 0 Å². The molecule has 0 atom stereocenters. The molecule has 0 aliphatic carbocycles. The number of rotatable bonds is 2. The van der Waals surface area contributed by atoms with Crippen molar-refractivity contribution >= 4 is 11.5 Å². The van der Waals surface area contributed by atoms with Crippen LogP contribution in [0.3, 0.4) is 0 Å². The number of halogens is 2. The minimum absolute atomic E-state index is 0.0204. The molecule has 0 aliphatic rings. The highest BCUT2D eigenvalue weighted by molar-refractivity contribution is 5.53. The Morgan fingerprint density at radius 3 is 2.54 bits per heavy atom. The number of nitrogens with two attached hydrogens (primary N) is 2. The van der Waals surface area contributed by atoms with E-state index in [-0.39, 0.29) is 17.2 Å². The predicted molar refractivity (Wildman–Crippen MR) is 43.9 cm³/mol. The number of hydrogen-bond acceptors (Lipinski definition) is 4. The Hall–Kier alpha value is -1.43. The molecule has 0 bridgehead atoms. The SMILES string of the molecule is Nc1cc(C(F)F)c(N)nc1CO. The van der Waals surface area contributed by atoms with Crippen LogP contribution in [0.2, 0.25) is 0 Å². The number of hydrogen-bond donors (Lipinski definition) is 3. The Morgan fingerprint density at radius 2 is 2.08 bits per heavy atom. The van der Waals surface area contributed by atoms with Gasteiger partial charge in [0.2, 0.25) is 0 Å². The summed E-state index contributed by atoms with van der Waals surface area (Å²) in [6.07, 6.45) is -2.71. The first-order chi connectivity index (χ1) is 6.06. The van der Waals surface area contributed by atoms with Crippen molar-refractivity contribution in [1.29, 1.82) is 0 Å². The molecule has 5 N–H and O–H groups in total. The Labute approximate surface area is 73.2 Å². The maximum Gasteiger partial charge on any atom is 0.267 e. The predicted octanol–water partition coefficient (Wildman–Crippen LogP) is 0.676. The van der Waals surface area contributed by atoms with Crippen LogP contribution in [0, 0.1) is 0 Å². The quantitative estimate of drug-likeness (QED) is 0.638. The molecule has 1 rings (SSSR count). The van der Waals surface area contributed by atoms with Gasteiger partial charge >= 0.3 is 0 Å². The Morgan fingerprint density at radius 1 is 1.46 bits per heavy atom. The molecule has 0 spiro atoms. The van der Waals surface area contributed by atoms with Crippen molar-refractivity contribution in [3.05, 3.63) is 17.3 Å². The van der Waals surface area contributed by atoms with Crippen LogP contribution in [0.15, 0.2) is 6.07 Å². The summed E-state index contributed by atoms with van der Waals surface area (Å²) in [6, 6.07) is 1.03. The number of pyridine rings is 1. The van der Waals surface area contributed by atoms with Gasteiger partial charge in [0.25, 0.3) is 6.43 Å². The van der Waals surface area contributed by atoms with Crippen LogP contribution in [0.4, 0.5) is 20.3 Å². The summed E-state index contributed by atoms with van der Waals surface area (Å²) in [5.74, 6) is -0.298. The van der Waals surface area contributed by atoms with Crippen LogP contribution in [0.1, 0.15) is 17.7 Å². The van der Waals surface area contributed by atoms with Gasteiger partial charge in [-0.25, -0.2) is 13.8 Å². The molecular formula is C7H9F2N3O. The number of alkyl halides is 2. The van der Waals surface area contributed by atoms with E-state index in [1.807, 2.05) is 0 Å². The molecule has 4 nitrogen and oxygen atoms in total.